The molecule has 64 heavy (non-hydrogen) atoms. The van der Waals surface area contributed by atoms with Gasteiger partial charge in [-0.15, -0.1) is 11.3 Å². The van der Waals surface area contributed by atoms with Gasteiger partial charge in [-0.2, -0.15) is 0 Å². The number of fused-ring (bicyclic) bond motifs is 13. The Labute approximate surface area is 370 Å². The number of hydrogen-bond donors (Lipinski definition) is 0. The molecule has 5 nitrogen and oxygen atoms in total. The fourth-order valence-corrected chi connectivity index (χ4v) is 10.9. The zero-order chi connectivity index (χ0) is 41.9. The van der Waals surface area contributed by atoms with Crippen LogP contribution in [0, 0.1) is 0 Å². The van der Waals surface area contributed by atoms with E-state index in [2.05, 4.69) is 205 Å². The maximum Gasteiger partial charge on any atom is 0.164 e. The van der Waals surface area contributed by atoms with Crippen LogP contribution in [0.3, 0.4) is 0 Å². The second kappa shape index (κ2) is 13.6. The summed E-state index contributed by atoms with van der Waals surface area (Å²) < 4.78 is 4.81. The van der Waals surface area contributed by atoms with Crippen LogP contribution in [0.15, 0.2) is 200 Å². The molecule has 14 aromatic rings. The van der Waals surface area contributed by atoms with Gasteiger partial charge in [0.1, 0.15) is 0 Å². The molecule has 0 N–H and O–H groups in total. The summed E-state index contributed by atoms with van der Waals surface area (Å²) in [7, 11) is 0. The summed E-state index contributed by atoms with van der Waals surface area (Å²) in [6, 6.07) is 71.7. The van der Waals surface area contributed by atoms with E-state index in [-0.39, 0.29) is 0 Å². The van der Waals surface area contributed by atoms with E-state index in [1.807, 2.05) is 11.3 Å². The van der Waals surface area contributed by atoms with Crippen LogP contribution >= 0.6 is 11.3 Å². The van der Waals surface area contributed by atoms with Crippen LogP contribution in [-0.4, -0.2) is 24.3 Å². The van der Waals surface area contributed by atoms with E-state index in [0.717, 1.165) is 55.4 Å². The molecule has 0 saturated heterocycles. The van der Waals surface area contributed by atoms with E-state index in [0.29, 0.717) is 17.5 Å². The Morgan fingerprint density at radius 3 is 1.48 bits per heavy atom. The van der Waals surface area contributed by atoms with Crippen molar-refractivity contribution >= 4 is 102 Å². The highest BCUT2D eigenvalue weighted by Gasteiger charge is 2.21. The van der Waals surface area contributed by atoms with Crippen LogP contribution < -0.4 is 0 Å². The molecule has 14 rings (SSSR count). The van der Waals surface area contributed by atoms with Crippen molar-refractivity contribution in [3.05, 3.63) is 200 Å². The first kappa shape index (κ1) is 35.3. The first-order valence-corrected chi connectivity index (χ1v) is 22.3. The van der Waals surface area contributed by atoms with Crippen LogP contribution in [0.2, 0.25) is 0 Å². The fourth-order valence-electron chi connectivity index (χ4n) is 9.73. The molecule has 0 amide bonds. The van der Waals surface area contributed by atoms with Gasteiger partial charge in [-0.05, 0) is 108 Å². The third-order valence-corrected chi connectivity index (χ3v) is 14.1. The molecule has 4 heterocycles. The summed E-state index contributed by atoms with van der Waals surface area (Å²) in [6.45, 7) is 0. The standard InChI is InChI=1S/C58H33N5S/c1-3-12-39-27-43(23-17-34(39)9-1)56-60-55(61-57(62-56)44-24-18-35-10-2-4-13-40(35)28-44)38-21-19-37(20-22-38)50-33-48-53-47-16-8-7-11-36(47)25-26-52(53)64-54(48)58-59-49-31-45-29-41-14-5-6-15-42(41)30-46(45)32-51(49)63(50)58/h1-33H. The third-order valence-electron chi connectivity index (χ3n) is 12.9. The number of nitrogens with zero attached hydrogens (tertiary/aromatic N) is 5. The molecule has 0 atom stereocenters. The first-order chi connectivity index (χ1) is 31.6. The number of pyridine rings is 1. The Bertz CT molecular complexity index is 4160. The van der Waals surface area contributed by atoms with Gasteiger partial charge in [0.05, 0.1) is 21.4 Å². The zero-order valence-electron chi connectivity index (χ0n) is 34.2. The van der Waals surface area contributed by atoms with Gasteiger partial charge in [0.2, 0.25) is 0 Å². The third kappa shape index (κ3) is 5.49. The average Bonchev–Trinajstić information content (AvgIpc) is 3.93. The largest absolute Gasteiger partial charge is 0.291 e. The van der Waals surface area contributed by atoms with E-state index in [9.17, 15) is 0 Å². The van der Waals surface area contributed by atoms with E-state index in [1.165, 1.54) is 63.3 Å². The number of rotatable bonds is 4. The van der Waals surface area contributed by atoms with Gasteiger partial charge < -0.3 is 0 Å². The summed E-state index contributed by atoms with van der Waals surface area (Å²) in [6.07, 6.45) is 0. The van der Waals surface area contributed by atoms with Gasteiger partial charge in [-0.25, -0.2) is 19.9 Å². The summed E-state index contributed by atoms with van der Waals surface area (Å²) in [5, 5.41) is 14.4. The van der Waals surface area contributed by atoms with Gasteiger partial charge >= 0.3 is 0 Å². The predicted molar refractivity (Wildman–Crippen MR) is 268 cm³/mol. The summed E-state index contributed by atoms with van der Waals surface area (Å²) >= 11 is 1.83. The molecular formula is C58H33N5S. The van der Waals surface area contributed by atoms with Gasteiger partial charge in [-0.1, -0.05) is 152 Å². The Morgan fingerprint density at radius 1 is 0.344 bits per heavy atom. The molecule has 0 unspecified atom stereocenters. The highest BCUT2D eigenvalue weighted by atomic mass is 32.1. The molecule has 10 aromatic carbocycles. The summed E-state index contributed by atoms with van der Waals surface area (Å²) in [5.41, 5.74) is 7.98. The molecule has 0 aliphatic heterocycles. The highest BCUT2D eigenvalue weighted by molar-refractivity contribution is 7.26. The Kier molecular flexibility index (Phi) is 7.49. The molecule has 0 spiro atoms. The van der Waals surface area contributed by atoms with Gasteiger partial charge in [0.25, 0.3) is 0 Å². The van der Waals surface area contributed by atoms with Crippen molar-refractivity contribution in [3.63, 3.8) is 0 Å². The second-order valence-electron chi connectivity index (χ2n) is 16.7. The molecule has 0 fully saturated rings. The fraction of sp³-hybridized carbons (Fsp3) is 0. The van der Waals surface area contributed by atoms with Crippen molar-refractivity contribution in [1.29, 1.82) is 0 Å². The number of thiophene rings is 1. The molecule has 0 aliphatic carbocycles. The van der Waals surface area contributed by atoms with Crippen LogP contribution in [-0.2, 0) is 0 Å². The Hall–Kier alpha value is -8.32. The van der Waals surface area contributed by atoms with Gasteiger partial charge in [0, 0.05) is 32.2 Å². The van der Waals surface area contributed by atoms with Gasteiger partial charge in [0.15, 0.2) is 23.1 Å². The van der Waals surface area contributed by atoms with Crippen molar-refractivity contribution in [3.8, 4) is 45.4 Å². The minimum atomic E-state index is 0.621. The van der Waals surface area contributed by atoms with E-state index < -0.39 is 0 Å². The molecule has 0 aliphatic rings. The maximum absolute atomic E-state index is 5.46. The molecule has 0 radical (unpaired) electrons. The lowest BCUT2D eigenvalue weighted by Crippen LogP contribution is -2.00. The minimum Gasteiger partial charge on any atom is -0.291 e. The maximum atomic E-state index is 5.46. The van der Waals surface area contributed by atoms with Gasteiger partial charge in [-0.3, -0.25) is 4.40 Å². The minimum absolute atomic E-state index is 0.621. The predicted octanol–water partition coefficient (Wildman–Crippen LogP) is 15.5. The van der Waals surface area contributed by atoms with Crippen LogP contribution in [0.4, 0.5) is 0 Å². The van der Waals surface area contributed by atoms with Crippen molar-refractivity contribution in [2.24, 2.45) is 0 Å². The number of hydrogen-bond acceptors (Lipinski definition) is 5. The lowest BCUT2D eigenvalue weighted by molar-refractivity contribution is 1.07. The smallest absolute Gasteiger partial charge is 0.164 e. The number of benzene rings is 10. The number of aromatic nitrogens is 5. The second-order valence-corrected chi connectivity index (χ2v) is 17.8. The molecule has 4 aromatic heterocycles. The van der Waals surface area contributed by atoms with Crippen LogP contribution in [0.5, 0.6) is 0 Å². The molecule has 0 saturated carbocycles. The summed E-state index contributed by atoms with van der Waals surface area (Å²) in [5.74, 6) is 1.89. The van der Waals surface area contributed by atoms with E-state index >= 15 is 0 Å². The Morgan fingerprint density at radius 2 is 0.844 bits per heavy atom. The van der Waals surface area contributed by atoms with Crippen molar-refractivity contribution in [2.45, 2.75) is 0 Å². The SMILES string of the molecule is c1ccc2cc(-c3nc(-c4ccc(-c5cc6c(sc7ccc8ccccc8c76)c6nc7cc8cc9ccccc9cc8cc7n56)cc4)nc(-c4ccc5ccccc5c4)n3)ccc2c1. The molecular weight excluding hydrogens is 799 g/mol. The molecule has 0 bridgehead atoms. The normalized spacial score (nSPS) is 12.1. The summed E-state index contributed by atoms with van der Waals surface area (Å²) in [4.78, 5) is 20.9. The lowest BCUT2D eigenvalue weighted by Gasteiger charge is -2.12. The van der Waals surface area contributed by atoms with Crippen LogP contribution in [0.25, 0.3) is 136 Å². The number of imidazole rings is 1. The lowest BCUT2D eigenvalue weighted by atomic mass is 10.0. The molecule has 6 heteroatoms. The Balaban J connectivity index is 0.982. The van der Waals surface area contributed by atoms with Crippen molar-refractivity contribution in [1.82, 2.24) is 24.3 Å². The zero-order valence-corrected chi connectivity index (χ0v) is 35.0. The average molecular weight is 832 g/mol. The van der Waals surface area contributed by atoms with Crippen LogP contribution in [0.1, 0.15) is 0 Å². The van der Waals surface area contributed by atoms with E-state index in [1.54, 1.807) is 0 Å². The monoisotopic (exact) mass is 831 g/mol. The molecule has 296 valence electrons. The van der Waals surface area contributed by atoms with Crippen molar-refractivity contribution in [2.75, 3.05) is 0 Å². The van der Waals surface area contributed by atoms with Crippen molar-refractivity contribution < 1.29 is 0 Å². The highest BCUT2D eigenvalue weighted by Crippen LogP contribution is 2.44. The van der Waals surface area contributed by atoms with E-state index in [4.69, 9.17) is 19.9 Å². The first-order valence-electron chi connectivity index (χ1n) is 21.5. The quantitative estimate of drug-likeness (QED) is 0.166. The topological polar surface area (TPSA) is 56.0 Å².